The number of anilines is 2. The maximum Gasteiger partial charge on any atom is 0.145 e. The third kappa shape index (κ3) is 4.39. The van der Waals surface area contributed by atoms with Crippen molar-refractivity contribution in [3.8, 4) is 0 Å². The van der Waals surface area contributed by atoms with Crippen LogP contribution in [0.4, 0.5) is 11.6 Å². The summed E-state index contributed by atoms with van der Waals surface area (Å²) in [5.41, 5.74) is 3.69. The summed E-state index contributed by atoms with van der Waals surface area (Å²) in [6.45, 7) is 7.00. The lowest BCUT2D eigenvalue weighted by Gasteiger charge is -2.18. The largest absolute Gasteiger partial charge is 0.370 e. The summed E-state index contributed by atoms with van der Waals surface area (Å²) in [5, 5.41) is 3.31. The highest BCUT2D eigenvalue weighted by Gasteiger charge is 2.18. The van der Waals surface area contributed by atoms with Gasteiger partial charge in [-0.05, 0) is 24.1 Å². The summed E-state index contributed by atoms with van der Waals surface area (Å²) in [5.74, 6) is 7.62. The molecule has 0 radical (unpaired) electrons. The second-order valence-electron chi connectivity index (χ2n) is 5.89. The number of pyridine rings is 1. The van der Waals surface area contributed by atoms with Crippen molar-refractivity contribution in [1.82, 2.24) is 15.0 Å². The molecule has 2 heterocycles. The van der Waals surface area contributed by atoms with E-state index < -0.39 is 0 Å². The molecule has 0 aliphatic carbocycles. The van der Waals surface area contributed by atoms with Gasteiger partial charge in [-0.2, -0.15) is 0 Å². The molecule has 0 fully saturated rings. The second kappa shape index (κ2) is 6.49. The first-order chi connectivity index (χ1) is 9.99. The Kier molecular flexibility index (Phi) is 4.70. The third-order valence-electron chi connectivity index (χ3n) is 3.01. The molecule has 0 spiro atoms. The SMILES string of the molecule is CC(C)(C)c1nc(NN)cc(NCCc2ccncc2)n1. The van der Waals surface area contributed by atoms with Crippen molar-refractivity contribution < 1.29 is 0 Å². The van der Waals surface area contributed by atoms with Gasteiger partial charge in [-0.15, -0.1) is 0 Å². The summed E-state index contributed by atoms with van der Waals surface area (Å²) in [7, 11) is 0. The maximum atomic E-state index is 5.48. The van der Waals surface area contributed by atoms with Crippen molar-refractivity contribution in [3.05, 3.63) is 42.0 Å². The lowest BCUT2D eigenvalue weighted by atomic mass is 9.96. The van der Waals surface area contributed by atoms with Crippen molar-refractivity contribution in [3.63, 3.8) is 0 Å². The average molecular weight is 286 g/mol. The molecular formula is C15H22N6. The van der Waals surface area contributed by atoms with Gasteiger partial charge >= 0.3 is 0 Å². The Balaban J connectivity index is 2.05. The number of hydrazine groups is 1. The lowest BCUT2D eigenvalue weighted by Crippen LogP contribution is -2.20. The van der Waals surface area contributed by atoms with E-state index in [1.54, 1.807) is 12.4 Å². The van der Waals surface area contributed by atoms with Crippen LogP contribution in [0.3, 0.4) is 0 Å². The van der Waals surface area contributed by atoms with Crippen molar-refractivity contribution in [2.75, 3.05) is 17.3 Å². The molecule has 0 aliphatic heterocycles. The summed E-state index contributed by atoms with van der Waals surface area (Å²) < 4.78 is 0. The topological polar surface area (TPSA) is 88.8 Å². The molecule has 0 bridgehead atoms. The molecule has 21 heavy (non-hydrogen) atoms. The van der Waals surface area contributed by atoms with Gasteiger partial charge in [-0.1, -0.05) is 20.8 Å². The van der Waals surface area contributed by atoms with Gasteiger partial charge in [-0.25, -0.2) is 15.8 Å². The molecule has 2 aromatic rings. The number of hydrogen-bond donors (Lipinski definition) is 3. The molecule has 0 atom stereocenters. The Morgan fingerprint density at radius 2 is 1.76 bits per heavy atom. The van der Waals surface area contributed by atoms with Crippen LogP contribution in [0.15, 0.2) is 30.6 Å². The highest BCUT2D eigenvalue weighted by molar-refractivity contribution is 5.47. The van der Waals surface area contributed by atoms with E-state index in [1.165, 1.54) is 5.56 Å². The average Bonchev–Trinajstić information content (AvgIpc) is 2.47. The van der Waals surface area contributed by atoms with Crippen LogP contribution in [0.25, 0.3) is 0 Å². The van der Waals surface area contributed by atoms with Crippen LogP contribution in [-0.4, -0.2) is 21.5 Å². The zero-order valence-corrected chi connectivity index (χ0v) is 12.7. The molecule has 112 valence electrons. The minimum atomic E-state index is -0.131. The zero-order valence-electron chi connectivity index (χ0n) is 12.7. The first-order valence-corrected chi connectivity index (χ1v) is 6.98. The molecule has 0 saturated carbocycles. The quantitative estimate of drug-likeness (QED) is 0.576. The van der Waals surface area contributed by atoms with Crippen molar-refractivity contribution in [2.45, 2.75) is 32.6 Å². The highest BCUT2D eigenvalue weighted by atomic mass is 15.3. The van der Waals surface area contributed by atoms with E-state index in [0.29, 0.717) is 5.82 Å². The van der Waals surface area contributed by atoms with E-state index in [2.05, 4.69) is 46.5 Å². The van der Waals surface area contributed by atoms with Gasteiger partial charge in [0.2, 0.25) is 0 Å². The number of aromatic nitrogens is 3. The van der Waals surface area contributed by atoms with E-state index in [4.69, 9.17) is 5.84 Å². The maximum absolute atomic E-state index is 5.48. The highest BCUT2D eigenvalue weighted by Crippen LogP contribution is 2.21. The second-order valence-corrected chi connectivity index (χ2v) is 5.89. The molecule has 0 aromatic carbocycles. The molecule has 6 nitrogen and oxygen atoms in total. The summed E-state index contributed by atoms with van der Waals surface area (Å²) in [4.78, 5) is 13.0. The molecule has 0 aliphatic rings. The van der Waals surface area contributed by atoms with Crippen molar-refractivity contribution in [1.29, 1.82) is 0 Å². The van der Waals surface area contributed by atoms with Crippen LogP contribution in [0.2, 0.25) is 0 Å². The van der Waals surface area contributed by atoms with Gasteiger partial charge in [-0.3, -0.25) is 4.98 Å². The van der Waals surface area contributed by atoms with Crippen LogP contribution in [-0.2, 0) is 11.8 Å². The number of nitrogens with zero attached hydrogens (tertiary/aromatic N) is 3. The molecular weight excluding hydrogens is 264 g/mol. The first-order valence-electron chi connectivity index (χ1n) is 6.98. The van der Waals surface area contributed by atoms with Crippen molar-refractivity contribution >= 4 is 11.6 Å². The van der Waals surface area contributed by atoms with Gasteiger partial charge in [0.25, 0.3) is 0 Å². The number of nitrogen functional groups attached to an aromatic ring is 1. The van der Waals surface area contributed by atoms with Gasteiger partial charge in [0.05, 0.1) is 0 Å². The minimum Gasteiger partial charge on any atom is -0.370 e. The summed E-state index contributed by atoms with van der Waals surface area (Å²) in [6.07, 6.45) is 4.51. The fourth-order valence-electron chi connectivity index (χ4n) is 1.83. The van der Waals surface area contributed by atoms with Crippen LogP contribution >= 0.6 is 0 Å². The predicted molar refractivity (Wildman–Crippen MR) is 85.0 cm³/mol. The van der Waals surface area contributed by atoms with Gasteiger partial charge in [0.1, 0.15) is 17.5 Å². The smallest absolute Gasteiger partial charge is 0.145 e. The minimum absolute atomic E-state index is 0.131. The van der Waals surface area contributed by atoms with E-state index in [1.807, 2.05) is 18.2 Å². The third-order valence-corrected chi connectivity index (χ3v) is 3.01. The Morgan fingerprint density at radius 3 is 2.38 bits per heavy atom. The Morgan fingerprint density at radius 1 is 1.10 bits per heavy atom. The Labute approximate surface area is 125 Å². The van der Waals surface area contributed by atoms with Crippen LogP contribution in [0.5, 0.6) is 0 Å². The number of nitrogens with one attached hydrogen (secondary N) is 2. The monoisotopic (exact) mass is 286 g/mol. The summed E-state index contributed by atoms with van der Waals surface area (Å²) in [6, 6.07) is 5.83. The molecule has 0 unspecified atom stereocenters. The Hall–Kier alpha value is -2.21. The standard InChI is InChI=1S/C15H22N6/c1-15(2,3)14-19-12(10-13(20-14)21-16)18-9-6-11-4-7-17-8-5-11/h4-5,7-8,10H,6,9,16H2,1-3H3,(H2,18,19,20,21). The molecule has 2 aromatic heterocycles. The fraction of sp³-hybridized carbons (Fsp3) is 0.400. The molecule has 6 heteroatoms. The molecule has 4 N–H and O–H groups in total. The van der Waals surface area contributed by atoms with E-state index in [0.717, 1.165) is 24.6 Å². The fourth-order valence-corrected chi connectivity index (χ4v) is 1.83. The molecule has 0 saturated heterocycles. The predicted octanol–water partition coefficient (Wildman–Crippen LogP) is 2.11. The van der Waals surface area contributed by atoms with E-state index in [-0.39, 0.29) is 5.41 Å². The van der Waals surface area contributed by atoms with Crippen molar-refractivity contribution in [2.24, 2.45) is 5.84 Å². The van der Waals surface area contributed by atoms with E-state index in [9.17, 15) is 0 Å². The summed E-state index contributed by atoms with van der Waals surface area (Å²) >= 11 is 0. The van der Waals surface area contributed by atoms with Crippen LogP contribution in [0.1, 0.15) is 32.2 Å². The Bertz CT molecular complexity index is 576. The van der Waals surface area contributed by atoms with Gasteiger partial charge < -0.3 is 10.7 Å². The lowest BCUT2D eigenvalue weighted by molar-refractivity contribution is 0.546. The first kappa shape index (κ1) is 15.2. The van der Waals surface area contributed by atoms with E-state index >= 15 is 0 Å². The van der Waals surface area contributed by atoms with Crippen LogP contribution < -0.4 is 16.6 Å². The van der Waals surface area contributed by atoms with Gasteiger partial charge in [0, 0.05) is 30.4 Å². The van der Waals surface area contributed by atoms with Crippen LogP contribution in [0, 0.1) is 0 Å². The number of rotatable bonds is 5. The normalized spacial score (nSPS) is 11.2. The number of nitrogens with two attached hydrogens (primary N) is 1. The molecule has 0 amide bonds. The zero-order chi connectivity index (χ0) is 15.3. The van der Waals surface area contributed by atoms with Gasteiger partial charge in [0.15, 0.2) is 0 Å². The molecule has 2 rings (SSSR count). The number of hydrogen-bond acceptors (Lipinski definition) is 6.